The van der Waals surface area contributed by atoms with Crippen molar-refractivity contribution in [2.75, 3.05) is 0 Å². The van der Waals surface area contributed by atoms with Gasteiger partial charge in [0.05, 0.1) is 0 Å². The van der Waals surface area contributed by atoms with E-state index in [1.54, 1.807) is 25.3 Å². The van der Waals surface area contributed by atoms with E-state index >= 15 is 0 Å². The van der Waals surface area contributed by atoms with Crippen molar-refractivity contribution in [3.05, 3.63) is 41.9 Å². The summed E-state index contributed by atoms with van der Waals surface area (Å²) in [5, 5.41) is 0. The van der Waals surface area contributed by atoms with Crippen LogP contribution < -0.4 is 10.5 Å². The Morgan fingerprint density at radius 1 is 1.24 bits per heavy atom. The largest absolute Gasteiger partial charge is 0.443 e. The topological polar surface area (TPSA) is 47.6 Å². The normalized spacial score (nSPS) is 13.3. The van der Waals surface area contributed by atoms with Gasteiger partial charge in [0.2, 0.25) is 0 Å². The Labute approximate surface area is 127 Å². The summed E-state index contributed by atoms with van der Waals surface area (Å²) in [5.74, 6) is 0.746. The van der Waals surface area contributed by atoms with Gasteiger partial charge in [-0.15, -0.1) is 0 Å². The lowest BCUT2D eigenvalue weighted by Crippen LogP contribution is -2.15. The van der Waals surface area contributed by atoms with Crippen LogP contribution in [0.1, 0.15) is 47.5 Å². The van der Waals surface area contributed by atoms with Crippen LogP contribution in [0.3, 0.4) is 0 Å². The minimum atomic E-state index is -0.292. The van der Waals surface area contributed by atoms with Gasteiger partial charge in [-0.25, -0.2) is 9.38 Å². The van der Waals surface area contributed by atoms with Gasteiger partial charge < -0.3 is 10.5 Å². The Kier molecular flexibility index (Phi) is 10.1. The summed E-state index contributed by atoms with van der Waals surface area (Å²) in [6.07, 6.45) is 4.31. The lowest BCUT2D eigenvalue weighted by atomic mass is 10.2. The molecule has 4 heteroatoms. The minimum Gasteiger partial charge on any atom is -0.443 e. The van der Waals surface area contributed by atoms with Crippen LogP contribution >= 0.6 is 0 Å². The number of unbranched alkanes of at least 4 members (excludes halogenated alkanes) is 1. The molecule has 2 N–H and O–H groups in total. The van der Waals surface area contributed by atoms with Crippen LogP contribution in [-0.2, 0) is 0 Å². The highest BCUT2D eigenvalue weighted by Gasteiger charge is 1.98. The van der Waals surface area contributed by atoms with E-state index in [-0.39, 0.29) is 11.9 Å². The van der Waals surface area contributed by atoms with Crippen molar-refractivity contribution < 1.29 is 9.13 Å². The van der Waals surface area contributed by atoms with Crippen LogP contribution in [0.15, 0.2) is 41.0 Å². The lowest BCUT2D eigenvalue weighted by molar-refractivity contribution is 0.542. The van der Waals surface area contributed by atoms with Crippen molar-refractivity contribution in [3.63, 3.8) is 0 Å². The molecule has 0 aromatic heterocycles. The van der Waals surface area contributed by atoms with Crippen molar-refractivity contribution in [1.29, 1.82) is 0 Å². The molecule has 0 spiro atoms. The predicted octanol–water partition coefficient (Wildman–Crippen LogP) is 4.68. The van der Waals surface area contributed by atoms with Crippen molar-refractivity contribution in [3.8, 4) is 5.75 Å². The highest BCUT2D eigenvalue weighted by molar-refractivity contribution is 5.76. The SMILES string of the molecule is CC(=N/C=C(\C)C(C)N)Oc1ccc(F)cc1.CCCC. The predicted molar refractivity (Wildman–Crippen MR) is 88.1 cm³/mol. The molecule has 0 aliphatic rings. The van der Waals surface area contributed by atoms with Crippen LogP contribution in [-0.4, -0.2) is 11.9 Å². The number of hydrogen-bond donors (Lipinski definition) is 1. The van der Waals surface area contributed by atoms with E-state index in [0.29, 0.717) is 11.6 Å². The second-order valence-corrected chi connectivity index (χ2v) is 4.87. The molecule has 0 radical (unpaired) electrons. The van der Waals surface area contributed by atoms with Crippen LogP contribution in [0, 0.1) is 5.82 Å². The second kappa shape index (κ2) is 11.0. The zero-order valence-electron chi connectivity index (χ0n) is 13.7. The fourth-order valence-corrected chi connectivity index (χ4v) is 1.01. The van der Waals surface area contributed by atoms with E-state index in [4.69, 9.17) is 10.5 Å². The van der Waals surface area contributed by atoms with Crippen LogP contribution in [0.5, 0.6) is 5.75 Å². The standard InChI is InChI=1S/C13H17FN2O.C4H10/c1-9(10(2)15)8-16-11(3)17-13-6-4-12(14)5-7-13;1-3-4-2/h4-8,10H,15H2,1-3H3;3-4H2,1-2H3/b9-8+,16-11?;. The van der Waals surface area contributed by atoms with Gasteiger partial charge in [-0.1, -0.05) is 26.7 Å². The summed E-state index contributed by atoms with van der Waals surface area (Å²) in [7, 11) is 0. The molecular weight excluding hydrogens is 267 g/mol. The van der Waals surface area contributed by atoms with E-state index in [9.17, 15) is 4.39 Å². The third-order valence-electron chi connectivity index (χ3n) is 2.75. The van der Waals surface area contributed by atoms with Crippen LogP contribution in [0.4, 0.5) is 4.39 Å². The van der Waals surface area contributed by atoms with Crippen molar-refractivity contribution in [1.82, 2.24) is 0 Å². The van der Waals surface area contributed by atoms with Gasteiger partial charge in [0.15, 0.2) is 5.90 Å². The van der Waals surface area contributed by atoms with Gasteiger partial charge in [0.1, 0.15) is 11.6 Å². The first-order valence-corrected chi connectivity index (χ1v) is 7.30. The number of nitrogens with zero attached hydrogens (tertiary/aromatic N) is 1. The molecule has 0 aliphatic heterocycles. The number of hydrogen-bond acceptors (Lipinski definition) is 3. The van der Waals surface area contributed by atoms with E-state index in [0.717, 1.165) is 5.57 Å². The zero-order chi connectivity index (χ0) is 16.3. The maximum Gasteiger partial charge on any atom is 0.191 e. The Balaban J connectivity index is 0.000000885. The summed E-state index contributed by atoms with van der Waals surface area (Å²) < 4.78 is 18.1. The number of ether oxygens (including phenoxy) is 1. The highest BCUT2D eigenvalue weighted by Crippen LogP contribution is 2.11. The van der Waals surface area contributed by atoms with Gasteiger partial charge in [0.25, 0.3) is 0 Å². The van der Waals surface area contributed by atoms with E-state index in [2.05, 4.69) is 18.8 Å². The maximum atomic E-state index is 12.7. The molecule has 0 bridgehead atoms. The smallest absolute Gasteiger partial charge is 0.191 e. The van der Waals surface area contributed by atoms with Crippen molar-refractivity contribution in [2.24, 2.45) is 10.7 Å². The third kappa shape index (κ3) is 9.79. The van der Waals surface area contributed by atoms with Crippen LogP contribution in [0.25, 0.3) is 0 Å². The molecule has 1 aromatic rings. The Morgan fingerprint density at radius 3 is 2.19 bits per heavy atom. The fraction of sp³-hybridized carbons (Fsp3) is 0.471. The molecule has 118 valence electrons. The van der Waals surface area contributed by atoms with Crippen LogP contribution in [0.2, 0.25) is 0 Å². The van der Waals surface area contributed by atoms with Crippen molar-refractivity contribution >= 4 is 5.90 Å². The average Bonchev–Trinajstić information content (AvgIpc) is 2.47. The van der Waals surface area contributed by atoms with Gasteiger partial charge in [-0.3, -0.25) is 0 Å². The number of rotatable bonds is 4. The molecule has 0 aliphatic carbocycles. The quantitative estimate of drug-likeness (QED) is 0.647. The summed E-state index contributed by atoms with van der Waals surface area (Å²) >= 11 is 0. The Morgan fingerprint density at radius 2 is 1.76 bits per heavy atom. The Hall–Kier alpha value is -1.68. The first-order chi connectivity index (χ1) is 9.90. The van der Waals surface area contributed by atoms with E-state index in [1.165, 1.54) is 25.0 Å². The molecular formula is C17H27FN2O. The van der Waals surface area contributed by atoms with Gasteiger partial charge in [-0.2, -0.15) is 0 Å². The number of benzene rings is 1. The highest BCUT2D eigenvalue weighted by atomic mass is 19.1. The number of aliphatic imine (C=N–C) groups is 1. The molecule has 3 nitrogen and oxygen atoms in total. The number of halogens is 1. The first kappa shape index (κ1) is 19.3. The van der Waals surface area contributed by atoms with Gasteiger partial charge in [0, 0.05) is 19.2 Å². The number of nitrogens with two attached hydrogens (primary N) is 1. The van der Waals surface area contributed by atoms with E-state index < -0.39 is 0 Å². The maximum absolute atomic E-state index is 12.7. The molecule has 0 fully saturated rings. The first-order valence-electron chi connectivity index (χ1n) is 7.30. The summed E-state index contributed by atoms with van der Waals surface area (Å²) in [6.45, 7) is 9.88. The zero-order valence-corrected chi connectivity index (χ0v) is 13.7. The Bertz CT molecular complexity index is 448. The summed E-state index contributed by atoms with van der Waals surface area (Å²) in [5.41, 5.74) is 6.64. The monoisotopic (exact) mass is 294 g/mol. The van der Waals surface area contributed by atoms with Gasteiger partial charge >= 0.3 is 0 Å². The molecule has 21 heavy (non-hydrogen) atoms. The molecule has 1 aromatic carbocycles. The third-order valence-corrected chi connectivity index (χ3v) is 2.75. The van der Waals surface area contributed by atoms with E-state index in [1.807, 2.05) is 13.8 Å². The fourth-order valence-electron chi connectivity index (χ4n) is 1.01. The molecule has 1 rings (SSSR count). The summed E-state index contributed by atoms with van der Waals surface area (Å²) in [4.78, 5) is 4.12. The average molecular weight is 294 g/mol. The molecule has 0 heterocycles. The second-order valence-electron chi connectivity index (χ2n) is 4.87. The van der Waals surface area contributed by atoms with Crippen molar-refractivity contribution in [2.45, 2.75) is 53.5 Å². The molecule has 1 atom stereocenters. The molecule has 0 amide bonds. The summed E-state index contributed by atoms with van der Waals surface area (Å²) in [6, 6.07) is 5.75. The molecule has 0 saturated heterocycles. The molecule has 1 unspecified atom stereocenters. The lowest BCUT2D eigenvalue weighted by Gasteiger charge is -2.05. The molecule has 0 saturated carbocycles. The van der Waals surface area contributed by atoms with Gasteiger partial charge in [-0.05, 0) is 43.7 Å². The minimum absolute atomic E-state index is 0.0302.